The normalized spacial score (nSPS) is 11.9. The Morgan fingerprint density at radius 2 is 0.576 bits per heavy atom. The second-order valence-corrected chi connectivity index (χ2v) is 25.1. The summed E-state index contributed by atoms with van der Waals surface area (Å²) in [6.45, 7) is 16.8. The van der Waals surface area contributed by atoms with Gasteiger partial charge in [-0.3, -0.25) is 0 Å². The zero-order valence-corrected chi connectivity index (χ0v) is 52.5. The number of rotatable bonds is 10. The molecule has 0 aliphatic carbocycles. The van der Waals surface area contributed by atoms with E-state index in [-0.39, 0.29) is 11.3 Å². The van der Waals surface area contributed by atoms with Gasteiger partial charge >= 0.3 is 6.18 Å². The van der Waals surface area contributed by atoms with Gasteiger partial charge in [-0.05, 0) is 178 Å². The average molecular weight is 1200 g/mol. The second-order valence-electron chi connectivity index (χ2n) is 25.1. The van der Waals surface area contributed by atoms with Crippen molar-refractivity contribution in [2.24, 2.45) is 0 Å². The van der Waals surface area contributed by atoms with Crippen molar-refractivity contribution in [2.75, 3.05) is 0 Å². The molecule has 446 valence electrons. The van der Waals surface area contributed by atoms with Gasteiger partial charge in [-0.25, -0.2) is 15.0 Å². The van der Waals surface area contributed by atoms with Crippen molar-refractivity contribution in [3.8, 4) is 101 Å². The number of nitrogens with zero attached hydrogens (tertiary/aromatic N) is 5. The van der Waals surface area contributed by atoms with Gasteiger partial charge in [0.05, 0.1) is 39.0 Å². The van der Waals surface area contributed by atoms with Crippen molar-refractivity contribution >= 4 is 43.6 Å². The fourth-order valence-corrected chi connectivity index (χ4v) is 14.1. The Morgan fingerprint density at radius 3 is 0.924 bits per heavy atom. The molecule has 0 saturated carbocycles. The summed E-state index contributed by atoms with van der Waals surface area (Å²) in [5.74, 6) is 1.29. The highest BCUT2D eigenvalue weighted by Crippen LogP contribution is 2.48. The topological polar surface area (TPSA) is 48.5 Å². The van der Waals surface area contributed by atoms with Gasteiger partial charge in [-0.15, -0.1) is 0 Å². The third kappa shape index (κ3) is 10.5. The minimum absolute atomic E-state index is 0.0195. The zero-order chi connectivity index (χ0) is 63.3. The minimum atomic E-state index is -4.84. The van der Waals surface area contributed by atoms with E-state index >= 15 is 13.2 Å². The van der Waals surface area contributed by atoms with Crippen LogP contribution in [-0.4, -0.2) is 24.1 Å². The molecular weight excluding hydrogens is 1140 g/mol. The van der Waals surface area contributed by atoms with Crippen LogP contribution in [0.25, 0.3) is 145 Å². The van der Waals surface area contributed by atoms with Crippen molar-refractivity contribution in [3.05, 3.63) is 293 Å². The fraction of sp³-hybridized carbons (Fsp3) is 0.107. The Morgan fingerprint density at radius 1 is 0.250 bits per heavy atom. The summed E-state index contributed by atoms with van der Waals surface area (Å²) < 4.78 is 55.2. The first kappa shape index (κ1) is 57.5. The van der Waals surface area contributed by atoms with E-state index in [1.807, 2.05) is 102 Å². The van der Waals surface area contributed by atoms with Gasteiger partial charge in [-0.2, -0.15) is 13.2 Å². The predicted octanol–water partition coefficient (Wildman–Crippen LogP) is 22.9. The Kier molecular flexibility index (Phi) is 14.1. The van der Waals surface area contributed by atoms with Crippen molar-refractivity contribution in [1.29, 1.82) is 0 Å². The maximum absolute atomic E-state index is 17.1. The molecule has 0 N–H and O–H groups in total. The number of hydrogen-bond acceptors (Lipinski definition) is 3. The highest BCUT2D eigenvalue weighted by Gasteiger charge is 2.38. The molecule has 15 aromatic rings. The number of aromatic nitrogens is 5. The van der Waals surface area contributed by atoms with Gasteiger partial charge in [-0.1, -0.05) is 220 Å². The smallest absolute Gasteiger partial charge is 0.309 e. The van der Waals surface area contributed by atoms with E-state index < -0.39 is 11.7 Å². The van der Waals surface area contributed by atoms with E-state index in [4.69, 9.17) is 15.0 Å². The Labute approximate surface area is 533 Å². The summed E-state index contributed by atoms with van der Waals surface area (Å²) in [6.07, 6.45) is -4.84. The van der Waals surface area contributed by atoms with Crippen LogP contribution in [0.3, 0.4) is 0 Å². The molecular formula is C84H64F3N5. The van der Waals surface area contributed by atoms with Crippen LogP contribution in [0.2, 0.25) is 0 Å². The maximum Gasteiger partial charge on any atom is 0.419 e. The van der Waals surface area contributed by atoms with E-state index in [0.29, 0.717) is 45.3 Å². The molecule has 0 atom stereocenters. The Bertz CT molecular complexity index is 5120. The molecule has 15 rings (SSSR count). The summed E-state index contributed by atoms with van der Waals surface area (Å²) in [5, 5.41) is 3.66. The van der Waals surface area contributed by atoms with Crippen LogP contribution in [-0.2, 0) is 6.18 Å². The third-order valence-electron chi connectivity index (χ3n) is 17.8. The SMILES string of the molecule is Cc1cc(C)cc(-c2ccc3c(c2)c2cc(-c4cc(C)cc(C)c4)ccc2n3-c2cc(-c3cccc(-n4c5ccc(-c6cc(C)cc(C)c6)cc5c5cc(-c6cc(C)cc(C)c6)ccc54)c3C(F)(F)F)ccc2-c2nc(-c3ccccc3)nc(-c3ccccc3)n2)c1. The predicted molar refractivity (Wildman–Crippen MR) is 375 cm³/mol. The molecule has 0 unspecified atom stereocenters. The largest absolute Gasteiger partial charge is 0.419 e. The number of fused-ring (bicyclic) bond motifs is 6. The second kappa shape index (κ2) is 22.5. The Hall–Kier alpha value is -11.0. The van der Waals surface area contributed by atoms with Crippen LogP contribution < -0.4 is 0 Å². The van der Waals surface area contributed by atoms with Crippen molar-refractivity contribution in [1.82, 2.24) is 24.1 Å². The van der Waals surface area contributed by atoms with Crippen LogP contribution in [0.5, 0.6) is 0 Å². The molecule has 0 radical (unpaired) electrons. The van der Waals surface area contributed by atoms with E-state index in [0.717, 1.165) is 133 Å². The summed E-state index contributed by atoms with van der Waals surface area (Å²) in [7, 11) is 0. The molecule has 92 heavy (non-hydrogen) atoms. The van der Waals surface area contributed by atoms with Crippen LogP contribution in [0.1, 0.15) is 50.1 Å². The quantitative estimate of drug-likeness (QED) is 0.137. The van der Waals surface area contributed by atoms with E-state index in [1.54, 1.807) is 24.3 Å². The number of hydrogen-bond donors (Lipinski definition) is 0. The van der Waals surface area contributed by atoms with E-state index in [2.05, 4.69) is 181 Å². The average Bonchev–Trinajstić information content (AvgIpc) is 1.54. The van der Waals surface area contributed by atoms with Crippen molar-refractivity contribution in [3.63, 3.8) is 0 Å². The minimum Gasteiger partial charge on any atom is -0.309 e. The molecule has 0 spiro atoms. The number of aryl methyl sites for hydroxylation is 8. The Balaban J connectivity index is 1.01. The van der Waals surface area contributed by atoms with Gasteiger partial charge in [0, 0.05) is 38.2 Å². The number of halogens is 3. The fourth-order valence-electron chi connectivity index (χ4n) is 14.1. The van der Waals surface area contributed by atoms with Gasteiger partial charge in [0.1, 0.15) is 0 Å². The van der Waals surface area contributed by atoms with Crippen molar-refractivity contribution < 1.29 is 13.2 Å². The maximum atomic E-state index is 17.1. The van der Waals surface area contributed by atoms with Crippen LogP contribution in [0.4, 0.5) is 13.2 Å². The molecule has 0 bridgehead atoms. The molecule has 0 amide bonds. The summed E-state index contributed by atoms with van der Waals surface area (Å²) in [6, 6.07) is 81.8. The molecule has 0 aliphatic heterocycles. The molecule has 0 aliphatic rings. The lowest BCUT2D eigenvalue weighted by molar-refractivity contribution is -0.136. The molecule has 0 saturated heterocycles. The standard InChI is InChI=1S/C84H64F3N5/c1-49-32-50(2)37-64(36-49)59-23-28-74-70(44-59)71-45-60(65-38-51(3)33-52(4)39-65)24-29-75(71)91(74)78-21-15-20-68(80(78)84(85,86)87)63-22-27-69(83-89-81(57-16-11-9-12-17-57)88-82(90-83)58-18-13-10-14-19-58)79(48-63)92-76-30-25-61(66-40-53(5)34-54(6)41-66)46-72(76)73-47-62(26-31-77(73)92)67-42-55(7)35-56(8)43-67/h9-48H,1-8H3. The first-order valence-corrected chi connectivity index (χ1v) is 31.2. The number of alkyl halides is 3. The highest BCUT2D eigenvalue weighted by molar-refractivity contribution is 6.13. The zero-order valence-electron chi connectivity index (χ0n) is 52.5. The molecule has 3 aromatic heterocycles. The lowest BCUT2D eigenvalue weighted by Gasteiger charge is -2.21. The molecule has 3 heterocycles. The first-order valence-electron chi connectivity index (χ1n) is 31.2. The van der Waals surface area contributed by atoms with Gasteiger partial charge in [0.2, 0.25) is 0 Å². The molecule has 12 aromatic carbocycles. The molecule has 8 heteroatoms. The van der Waals surface area contributed by atoms with Crippen molar-refractivity contribution in [2.45, 2.75) is 61.6 Å². The lowest BCUT2D eigenvalue weighted by atomic mass is 9.95. The highest BCUT2D eigenvalue weighted by atomic mass is 19.4. The molecule has 0 fully saturated rings. The van der Waals surface area contributed by atoms with Crippen LogP contribution in [0.15, 0.2) is 243 Å². The summed E-state index contributed by atoms with van der Waals surface area (Å²) >= 11 is 0. The monoisotopic (exact) mass is 1200 g/mol. The van der Waals surface area contributed by atoms with Crippen LogP contribution >= 0.6 is 0 Å². The first-order chi connectivity index (χ1) is 44.4. The third-order valence-corrected chi connectivity index (χ3v) is 17.8. The molecule has 5 nitrogen and oxygen atoms in total. The lowest BCUT2D eigenvalue weighted by Crippen LogP contribution is -2.13. The summed E-state index contributed by atoms with van der Waals surface area (Å²) in [4.78, 5) is 15.6. The van der Waals surface area contributed by atoms with Gasteiger partial charge in [0.15, 0.2) is 17.5 Å². The van der Waals surface area contributed by atoms with Gasteiger partial charge < -0.3 is 9.13 Å². The van der Waals surface area contributed by atoms with Crippen LogP contribution in [0, 0.1) is 55.4 Å². The van der Waals surface area contributed by atoms with E-state index in [1.165, 1.54) is 0 Å². The number of benzene rings is 12. The van der Waals surface area contributed by atoms with E-state index in [9.17, 15) is 0 Å². The van der Waals surface area contributed by atoms with Gasteiger partial charge in [0.25, 0.3) is 0 Å². The summed E-state index contributed by atoms with van der Waals surface area (Å²) in [5.41, 5.74) is 23.0.